The van der Waals surface area contributed by atoms with E-state index in [1.54, 1.807) is 0 Å². The maximum atomic E-state index is 11.8. The Balaban J connectivity index is 1.32. The van der Waals surface area contributed by atoms with Crippen LogP contribution in [-0.4, -0.2) is 30.1 Å². The summed E-state index contributed by atoms with van der Waals surface area (Å²) in [5.74, 6) is -0.304. The maximum absolute atomic E-state index is 11.8. The molecule has 2 heterocycles. The molecule has 0 saturated carbocycles. The van der Waals surface area contributed by atoms with Crippen LogP contribution in [0.4, 0.5) is 0 Å². The molecular weight excluding hydrogens is 304 g/mol. The molecule has 0 aromatic heterocycles. The molecule has 0 aromatic rings. The molecule has 0 aromatic carbocycles. The van der Waals surface area contributed by atoms with Crippen molar-refractivity contribution in [2.45, 2.75) is 109 Å². The summed E-state index contributed by atoms with van der Waals surface area (Å²) in [4.78, 5) is 23.6. The van der Waals surface area contributed by atoms with Crippen LogP contribution in [0.3, 0.4) is 0 Å². The van der Waals surface area contributed by atoms with E-state index in [-0.39, 0.29) is 17.7 Å². The predicted molar refractivity (Wildman–Crippen MR) is 93.9 cm³/mol. The van der Waals surface area contributed by atoms with E-state index in [1.165, 1.54) is 57.8 Å². The molecule has 2 rings (SSSR count). The lowest BCUT2D eigenvalue weighted by atomic mass is 10.0. The lowest BCUT2D eigenvalue weighted by molar-refractivity contribution is -0.125. The van der Waals surface area contributed by atoms with E-state index in [9.17, 15) is 9.59 Å². The minimum atomic E-state index is -0.546. The van der Waals surface area contributed by atoms with Crippen LogP contribution in [0.2, 0.25) is 0 Å². The molecular formula is C20H34O4. The Bertz CT molecular complexity index is 400. The zero-order valence-corrected chi connectivity index (χ0v) is 15.3. The highest BCUT2D eigenvalue weighted by Gasteiger charge is 2.71. The van der Waals surface area contributed by atoms with E-state index in [0.717, 1.165) is 12.8 Å². The first-order valence-corrected chi connectivity index (χ1v) is 10.0. The molecule has 2 aliphatic rings. The molecule has 0 bridgehead atoms. The quantitative estimate of drug-likeness (QED) is 0.301. The monoisotopic (exact) mass is 338 g/mol. The van der Waals surface area contributed by atoms with Crippen molar-refractivity contribution in [1.29, 1.82) is 0 Å². The molecule has 2 atom stereocenters. The summed E-state index contributed by atoms with van der Waals surface area (Å²) in [6.45, 7) is 2.79. The lowest BCUT2D eigenvalue weighted by Crippen LogP contribution is -2.12. The average Bonchev–Trinajstić information content (AvgIpc) is 3.50. The zero-order chi connectivity index (χ0) is 17.3. The van der Waals surface area contributed by atoms with Gasteiger partial charge in [-0.25, -0.2) is 0 Å². The second-order valence-corrected chi connectivity index (χ2v) is 7.39. The van der Waals surface area contributed by atoms with Crippen LogP contribution >= 0.6 is 0 Å². The first-order valence-electron chi connectivity index (χ1n) is 10.0. The van der Waals surface area contributed by atoms with E-state index in [1.807, 2.05) is 0 Å². The second-order valence-electron chi connectivity index (χ2n) is 7.39. The van der Waals surface area contributed by atoms with Gasteiger partial charge in [-0.1, -0.05) is 71.1 Å². The number of rotatable bonds is 16. The number of unbranched alkanes of at least 4 members (excludes halogenated alkanes) is 10. The van der Waals surface area contributed by atoms with E-state index in [0.29, 0.717) is 25.9 Å². The third-order valence-electron chi connectivity index (χ3n) is 5.09. The highest BCUT2D eigenvalue weighted by Crippen LogP contribution is 2.49. The summed E-state index contributed by atoms with van der Waals surface area (Å²) >= 11 is 0. The van der Waals surface area contributed by atoms with E-state index >= 15 is 0 Å². The Morgan fingerprint density at radius 2 is 1.38 bits per heavy atom. The van der Waals surface area contributed by atoms with Crippen LogP contribution in [0.15, 0.2) is 0 Å². The van der Waals surface area contributed by atoms with E-state index < -0.39 is 5.79 Å². The Kier molecular flexibility index (Phi) is 8.40. The summed E-state index contributed by atoms with van der Waals surface area (Å²) in [7, 11) is 0. The van der Waals surface area contributed by atoms with Crippen LogP contribution in [0, 0.1) is 0 Å². The third-order valence-corrected chi connectivity index (χ3v) is 5.09. The van der Waals surface area contributed by atoms with Gasteiger partial charge in [0, 0.05) is 19.3 Å². The summed E-state index contributed by atoms with van der Waals surface area (Å²) in [6.07, 6.45) is 15.1. The minimum absolute atomic E-state index is 0.0276. The second kappa shape index (κ2) is 10.3. The van der Waals surface area contributed by atoms with Gasteiger partial charge in [-0.05, 0) is 6.42 Å². The van der Waals surface area contributed by atoms with Crippen LogP contribution < -0.4 is 0 Å². The van der Waals surface area contributed by atoms with Gasteiger partial charge in [0.2, 0.25) is 5.79 Å². The Labute approximate surface area is 146 Å². The Hall–Kier alpha value is -0.740. The molecule has 4 heteroatoms. The summed E-state index contributed by atoms with van der Waals surface area (Å²) in [5.41, 5.74) is 0. The van der Waals surface area contributed by atoms with Crippen molar-refractivity contribution in [2.24, 2.45) is 0 Å². The van der Waals surface area contributed by atoms with Gasteiger partial charge in [-0.3, -0.25) is 9.59 Å². The fraction of sp³-hybridized carbons (Fsp3) is 0.900. The number of epoxide rings is 2. The highest BCUT2D eigenvalue weighted by molar-refractivity contribution is 5.91. The standard InChI is InChI=1S/C20H34O4/c1-2-3-4-5-6-7-8-9-10-11-12-13-17(21)14-15-18(22)19-20(24-19)16-23-20/h19H,2-16H2,1H3. The molecule has 138 valence electrons. The van der Waals surface area contributed by atoms with Gasteiger partial charge in [0.05, 0.1) is 0 Å². The zero-order valence-electron chi connectivity index (χ0n) is 15.3. The van der Waals surface area contributed by atoms with Crippen molar-refractivity contribution in [3.63, 3.8) is 0 Å². The van der Waals surface area contributed by atoms with Crippen molar-refractivity contribution in [1.82, 2.24) is 0 Å². The molecule has 0 aliphatic carbocycles. The minimum Gasteiger partial charge on any atom is -0.339 e. The van der Waals surface area contributed by atoms with Gasteiger partial charge in [-0.2, -0.15) is 0 Å². The van der Waals surface area contributed by atoms with Crippen molar-refractivity contribution in [3.8, 4) is 0 Å². The van der Waals surface area contributed by atoms with Crippen molar-refractivity contribution in [3.05, 3.63) is 0 Å². The predicted octanol–water partition coefficient (Wildman–Crippen LogP) is 4.73. The summed E-state index contributed by atoms with van der Waals surface area (Å²) < 4.78 is 10.3. The van der Waals surface area contributed by atoms with E-state index in [4.69, 9.17) is 9.47 Å². The van der Waals surface area contributed by atoms with Gasteiger partial charge >= 0.3 is 0 Å². The van der Waals surface area contributed by atoms with Crippen molar-refractivity contribution < 1.29 is 19.1 Å². The number of hydrogen-bond donors (Lipinski definition) is 0. The molecule has 0 radical (unpaired) electrons. The Morgan fingerprint density at radius 1 is 0.833 bits per heavy atom. The molecule has 2 aliphatic heterocycles. The number of ketones is 2. The normalized spacial score (nSPS) is 24.3. The van der Waals surface area contributed by atoms with Gasteiger partial charge in [-0.15, -0.1) is 0 Å². The maximum Gasteiger partial charge on any atom is 0.227 e. The fourth-order valence-electron chi connectivity index (χ4n) is 3.27. The molecule has 2 fully saturated rings. The van der Waals surface area contributed by atoms with Gasteiger partial charge < -0.3 is 9.47 Å². The first kappa shape index (κ1) is 19.6. The molecule has 0 N–H and O–H groups in total. The number of hydrogen-bond acceptors (Lipinski definition) is 4. The van der Waals surface area contributed by atoms with Crippen LogP contribution in [0.1, 0.15) is 96.8 Å². The average molecular weight is 338 g/mol. The lowest BCUT2D eigenvalue weighted by Gasteiger charge is -2.03. The molecule has 1 spiro atoms. The highest BCUT2D eigenvalue weighted by atomic mass is 16.9. The smallest absolute Gasteiger partial charge is 0.227 e. The topological polar surface area (TPSA) is 59.2 Å². The summed E-state index contributed by atoms with van der Waals surface area (Å²) in [5, 5.41) is 0. The van der Waals surface area contributed by atoms with Gasteiger partial charge in [0.25, 0.3) is 0 Å². The van der Waals surface area contributed by atoms with Crippen LogP contribution in [0.5, 0.6) is 0 Å². The molecule has 2 unspecified atom stereocenters. The van der Waals surface area contributed by atoms with Gasteiger partial charge in [0.15, 0.2) is 11.9 Å². The Morgan fingerprint density at radius 3 is 1.88 bits per heavy atom. The van der Waals surface area contributed by atoms with Crippen molar-refractivity contribution in [2.75, 3.05) is 6.61 Å². The number of ether oxygens (including phenoxy) is 2. The third kappa shape index (κ3) is 7.02. The van der Waals surface area contributed by atoms with Gasteiger partial charge in [0.1, 0.15) is 12.4 Å². The summed E-state index contributed by atoms with van der Waals surface area (Å²) in [6, 6.07) is 0. The van der Waals surface area contributed by atoms with Crippen LogP contribution in [-0.2, 0) is 19.1 Å². The number of Topliss-reactive ketones (excluding diaryl/α,β-unsaturated/α-hetero) is 2. The molecule has 24 heavy (non-hydrogen) atoms. The molecule has 2 saturated heterocycles. The number of carbonyl (C=O) groups excluding carboxylic acids is 2. The number of carbonyl (C=O) groups is 2. The van der Waals surface area contributed by atoms with Crippen molar-refractivity contribution >= 4 is 11.6 Å². The first-order chi connectivity index (χ1) is 11.7. The van der Waals surface area contributed by atoms with Crippen LogP contribution in [0.25, 0.3) is 0 Å². The molecule has 4 nitrogen and oxygen atoms in total. The fourth-order valence-corrected chi connectivity index (χ4v) is 3.27. The molecule has 0 amide bonds. The van der Waals surface area contributed by atoms with E-state index in [2.05, 4.69) is 6.92 Å². The largest absolute Gasteiger partial charge is 0.339 e. The SMILES string of the molecule is CCCCCCCCCCCCCC(=O)CCC(=O)C1OC12CO2.